The molecule has 0 amide bonds. The summed E-state index contributed by atoms with van der Waals surface area (Å²) in [7, 11) is -3.62. The molecule has 1 aromatic rings. The molecule has 0 bridgehead atoms. The van der Waals surface area contributed by atoms with Crippen LogP contribution in [0.4, 0.5) is 4.39 Å². The predicted octanol–water partition coefficient (Wildman–Crippen LogP) is 0.761. The van der Waals surface area contributed by atoms with Gasteiger partial charge in [-0.1, -0.05) is 6.07 Å². The third kappa shape index (κ3) is 2.65. The smallest absolute Gasteiger partial charge is 0.176 e. The summed E-state index contributed by atoms with van der Waals surface area (Å²) in [5, 5.41) is 0. The number of hydrogen-bond donors (Lipinski definition) is 1. The van der Waals surface area contributed by atoms with Gasteiger partial charge in [-0.05, 0) is 18.7 Å². The Bertz CT molecular complexity index is 511. The Morgan fingerprint density at radius 1 is 1.44 bits per heavy atom. The van der Waals surface area contributed by atoms with Crippen LogP contribution in [0.3, 0.4) is 0 Å². The largest absolute Gasteiger partial charge is 0.330 e. The van der Waals surface area contributed by atoms with Gasteiger partial charge >= 0.3 is 0 Å². The molecule has 4 nitrogen and oxygen atoms in total. The molecule has 1 aromatic carbocycles. The highest BCUT2D eigenvalue weighted by molar-refractivity contribution is 7.90. The van der Waals surface area contributed by atoms with Crippen molar-refractivity contribution in [1.82, 2.24) is 0 Å². The molecule has 0 unspecified atom stereocenters. The molecule has 0 atom stereocenters. The Morgan fingerprint density at radius 2 is 2.06 bits per heavy atom. The first-order chi connectivity index (χ1) is 7.38. The zero-order valence-corrected chi connectivity index (χ0v) is 9.55. The quantitative estimate of drug-likeness (QED) is 0.794. The second kappa shape index (κ2) is 4.71. The first kappa shape index (κ1) is 12.8. The topological polar surface area (TPSA) is 77.2 Å². The van der Waals surface area contributed by atoms with E-state index in [0.29, 0.717) is 0 Å². The van der Waals surface area contributed by atoms with Gasteiger partial charge in [0, 0.05) is 12.7 Å². The average Bonchev–Trinajstić information content (AvgIpc) is 2.16. The van der Waals surface area contributed by atoms with Gasteiger partial charge in [0.25, 0.3) is 0 Å². The van der Waals surface area contributed by atoms with E-state index in [0.717, 1.165) is 12.3 Å². The Balaban J connectivity index is 3.41. The standard InChI is InChI=1S/C10H12FNO3S/c1-16(14,15)9-4-2-3-7(11)10(9)8(13)5-6-12/h2-4H,5-6,12H2,1H3. The molecule has 0 aromatic heterocycles. The molecule has 2 N–H and O–H groups in total. The Morgan fingerprint density at radius 3 is 2.56 bits per heavy atom. The fourth-order valence-corrected chi connectivity index (χ4v) is 2.25. The molecule has 0 saturated heterocycles. The summed E-state index contributed by atoms with van der Waals surface area (Å²) < 4.78 is 36.2. The van der Waals surface area contributed by atoms with Crippen molar-refractivity contribution in [3.05, 3.63) is 29.6 Å². The zero-order chi connectivity index (χ0) is 12.3. The third-order valence-electron chi connectivity index (χ3n) is 2.03. The summed E-state index contributed by atoms with van der Waals surface area (Å²) in [6.07, 6.45) is 0.852. The van der Waals surface area contributed by atoms with Crippen molar-refractivity contribution < 1.29 is 17.6 Å². The first-order valence-electron chi connectivity index (χ1n) is 4.59. The maximum Gasteiger partial charge on any atom is 0.176 e. The van der Waals surface area contributed by atoms with E-state index in [1.54, 1.807) is 0 Å². The van der Waals surface area contributed by atoms with E-state index >= 15 is 0 Å². The number of halogens is 1. The van der Waals surface area contributed by atoms with Crippen molar-refractivity contribution in [2.45, 2.75) is 11.3 Å². The average molecular weight is 245 g/mol. The fourth-order valence-electron chi connectivity index (χ4n) is 1.34. The van der Waals surface area contributed by atoms with Crippen molar-refractivity contribution >= 4 is 15.6 Å². The molecule has 16 heavy (non-hydrogen) atoms. The Hall–Kier alpha value is -1.27. The Labute approximate surface area is 93.2 Å². The van der Waals surface area contributed by atoms with Crippen molar-refractivity contribution in [2.24, 2.45) is 5.73 Å². The van der Waals surface area contributed by atoms with Crippen LogP contribution < -0.4 is 5.73 Å². The van der Waals surface area contributed by atoms with Crippen molar-refractivity contribution in [1.29, 1.82) is 0 Å². The highest BCUT2D eigenvalue weighted by atomic mass is 32.2. The number of Topliss-reactive ketones (excluding diaryl/α,β-unsaturated/α-hetero) is 1. The minimum Gasteiger partial charge on any atom is -0.330 e. The molecule has 0 aliphatic heterocycles. The minimum absolute atomic E-state index is 0.0520. The molecule has 0 aliphatic carbocycles. The van der Waals surface area contributed by atoms with Gasteiger partial charge < -0.3 is 5.73 Å². The highest BCUT2D eigenvalue weighted by Crippen LogP contribution is 2.20. The number of benzene rings is 1. The number of carbonyl (C=O) groups excluding carboxylic acids is 1. The number of carbonyl (C=O) groups is 1. The monoisotopic (exact) mass is 245 g/mol. The number of nitrogens with two attached hydrogens (primary N) is 1. The van der Waals surface area contributed by atoms with Crippen LogP contribution in [0.5, 0.6) is 0 Å². The van der Waals surface area contributed by atoms with E-state index in [2.05, 4.69) is 0 Å². The lowest BCUT2D eigenvalue weighted by molar-refractivity contribution is 0.0978. The van der Waals surface area contributed by atoms with Gasteiger partial charge in [0.05, 0.1) is 10.5 Å². The van der Waals surface area contributed by atoms with Crippen LogP contribution >= 0.6 is 0 Å². The van der Waals surface area contributed by atoms with Gasteiger partial charge in [0.2, 0.25) is 0 Å². The van der Waals surface area contributed by atoms with Gasteiger partial charge in [0.1, 0.15) is 5.82 Å². The Kier molecular flexibility index (Phi) is 3.77. The number of hydrogen-bond acceptors (Lipinski definition) is 4. The van der Waals surface area contributed by atoms with Gasteiger partial charge in [0.15, 0.2) is 15.6 Å². The highest BCUT2D eigenvalue weighted by Gasteiger charge is 2.21. The minimum atomic E-state index is -3.62. The molecule has 0 fully saturated rings. The maximum atomic E-state index is 13.4. The molecule has 1 rings (SSSR count). The lowest BCUT2D eigenvalue weighted by atomic mass is 10.1. The molecule has 6 heteroatoms. The van der Waals surface area contributed by atoms with Crippen LogP contribution in [0.2, 0.25) is 0 Å². The van der Waals surface area contributed by atoms with Gasteiger partial charge in [-0.25, -0.2) is 12.8 Å². The second-order valence-corrected chi connectivity index (χ2v) is 5.33. The van der Waals surface area contributed by atoms with E-state index in [4.69, 9.17) is 5.73 Å². The molecule has 0 heterocycles. The summed E-state index contributed by atoms with van der Waals surface area (Å²) in [6, 6.07) is 3.52. The summed E-state index contributed by atoms with van der Waals surface area (Å²) in [4.78, 5) is 11.3. The molecular weight excluding hydrogens is 233 g/mol. The lowest BCUT2D eigenvalue weighted by Gasteiger charge is -2.07. The van der Waals surface area contributed by atoms with Crippen LogP contribution in [-0.2, 0) is 9.84 Å². The van der Waals surface area contributed by atoms with Gasteiger partial charge in [-0.2, -0.15) is 0 Å². The van der Waals surface area contributed by atoms with Crippen molar-refractivity contribution in [3.63, 3.8) is 0 Å². The van der Waals surface area contributed by atoms with E-state index in [1.165, 1.54) is 12.1 Å². The lowest BCUT2D eigenvalue weighted by Crippen LogP contribution is -2.14. The van der Waals surface area contributed by atoms with Gasteiger partial charge in [-0.15, -0.1) is 0 Å². The zero-order valence-electron chi connectivity index (χ0n) is 8.73. The maximum absolute atomic E-state index is 13.4. The number of ketones is 1. The van der Waals surface area contributed by atoms with Crippen LogP contribution in [0.25, 0.3) is 0 Å². The summed E-state index contributed by atoms with van der Waals surface area (Å²) in [6.45, 7) is 0.0520. The summed E-state index contributed by atoms with van der Waals surface area (Å²) in [5.41, 5.74) is 4.79. The predicted molar refractivity (Wildman–Crippen MR) is 57.5 cm³/mol. The fraction of sp³-hybridized carbons (Fsp3) is 0.300. The van der Waals surface area contributed by atoms with E-state index in [9.17, 15) is 17.6 Å². The SMILES string of the molecule is CS(=O)(=O)c1cccc(F)c1C(=O)CCN. The van der Waals surface area contributed by atoms with E-state index in [1.807, 2.05) is 0 Å². The second-order valence-electron chi connectivity index (χ2n) is 3.35. The summed E-state index contributed by atoms with van der Waals surface area (Å²) >= 11 is 0. The molecule has 0 saturated carbocycles. The number of sulfone groups is 1. The summed E-state index contributed by atoms with van der Waals surface area (Å²) in [5.74, 6) is -1.43. The van der Waals surface area contributed by atoms with Crippen LogP contribution in [0.15, 0.2) is 23.1 Å². The van der Waals surface area contributed by atoms with Gasteiger partial charge in [-0.3, -0.25) is 4.79 Å². The van der Waals surface area contributed by atoms with Crippen molar-refractivity contribution in [2.75, 3.05) is 12.8 Å². The van der Waals surface area contributed by atoms with E-state index < -0.39 is 27.0 Å². The van der Waals surface area contributed by atoms with Crippen LogP contribution in [0.1, 0.15) is 16.8 Å². The van der Waals surface area contributed by atoms with Crippen LogP contribution in [-0.4, -0.2) is 27.0 Å². The van der Waals surface area contributed by atoms with Crippen LogP contribution in [0, 0.1) is 5.82 Å². The normalized spacial score (nSPS) is 11.4. The third-order valence-corrected chi connectivity index (χ3v) is 3.16. The molecule has 0 radical (unpaired) electrons. The van der Waals surface area contributed by atoms with Crippen molar-refractivity contribution in [3.8, 4) is 0 Å². The van der Waals surface area contributed by atoms with E-state index in [-0.39, 0.29) is 17.9 Å². The molecule has 88 valence electrons. The number of rotatable bonds is 4. The molecule has 0 aliphatic rings. The molecular formula is C10H12FNO3S. The first-order valence-corrected chi connectivity index (χ1v) is 6.49. The molecule has 0 spiro atoms.